The van der Waals surface area contributed by atoms with Gasteiger partial charge in [0, 0.05) is 11.9 Å². The number of likely N-dealkylation sites (N-methyl/N-ethyl adjacent to an activating group) is 1. The molecule has 0 saturated heterocycles. The Labute approximate surface area is 181 Å². The van der Waals surface area contributed by atoms with Crippen molar-refractivity contribution < 1.29 is 17.9 Å². The second-order valence-electron chi connectivity index (χ2n) is 6.35. The van der Waals surface area contributed by atoms with Crippen molar-refractivity contribution >= 4 is 39.3 Å². The molecular formula is C20H25ClN2O4S2. The smallest absolute Gasteiger partial charge is 0.243 e. The Morgan fingerprint density at radius 3 is 2.45 bits per heavy atom. The predicted molar refractivity (Wildman–Crippen MR) is 117 cm³/mol. The number of carbonyl (C=O) groups excluding carboxylic acids is 1. The summed E-state index contributed by atoms with van der Waals surface area (Å²) >= 11 is 7.73. The van der Waals surface area contributed by atoms with Gasteiger partial charge in [-0.2, -0.15) is 4.31 Å². The quantitative estimate of drug-likeness (QED) is 0.578. The van der Waals surface area contributed by atoms with Crippen LogP contribution in [0.25, 0.3) is 0 Å². The van der Waals surface area contributed by atoms with E-state index < -0.39 is 15.9 Å². The number of sulfonamides is 1. The summed E-state index contributed by atoms with van der Waals surface area (Å²) in [5.74, 6) is 0.0179. The number of halogens is 1. The van der Waals surface area contributed by atoms with Gasteiger partial charge in [0.05, 0.1) is 29.1 Å². The average molecular weight is 457 g/mol. The summed E-state index contributed by atoms with van der Waals surface area (Å²) in [5, 5.41) is 3.03. The van der Waals surface area contributed by atoms with E-state index in [2.05, 4.69) is 5.32 Å². The van der Waals surface area contributed by atoms with E-state index in [0.717, 1.165) is 14.8 Å². The molecule has 1 atom stereocenters. The van der Waals surface area contributed by atoms with Gasteiger partial charge < -0.3 is 10.1 Å². The molecule has 158 valence electrons. The summed E-state index contributed by atoms with van der Waals surface area (Å²) in [4.78, 5) is 13.5. The maximum atomic E-state index is 12.8. The molecule has 0 spiro atoms. The Bertz CT molecular complexity index is 949. The minimum absolute atomic E-state index is 0.00181. The first kappa shape index (κ1) is 23.5. The molecule has 0 aliphatic carbocycles. The van der Waals surface area contributed by atoms with Crippen molar-refractivity contribution in [1.82, 2.24) is 9.62 Å². The third kappa shape index (κ3) is 6.12. The number of hydrogen-bond acceptors (Lipinski definition) is 5. The number of carbonyl (C=O) groups is 1. The standard InChI is InChI=1S/C20H25ClN2O4S2/c1-5-27-19-11-10-17(12-18(19)21)29(25,26)23(3)13-20(24)22-14(2)15-6-8-16(28-4)9-7-15/h6-12,14H,5,13H2,1-4H3,(H,22,24)/t14-/m1/s1. The van der Waals surface area contributed by atoms with Crippen molar-refractivity contribution in [1.29, 1.82) is 0 Å². The van der Waals surface area contributed by atoms with Gasteiger partial charge in [0.2, 0.25) is 15.9 Å². The van der Waals surface area contributed by atoms with Crippen molar-refractivity contribution in [2.75, 3.05) is 26.5 Å². The number of nitrogens with one attached hydrogen (secondary N) is 1. The lowest BCUT2D eigenvalue weighted by Gasteiger charge is -2.20. The van der Waals surface area contributed by atoms with Gasteiger partial charge in [-0.15, -0.1) is 11.8 Å². The molecule has 0 aliphatic rings. The molecule has 0 heterocycles. The van der Waals surface area contributed by atoms with Gasteiger partial charge in [0.1, 0.15) is 5.75 Å². The van der Waals surface area contributed by atoms with Gasteiger partial charge in [-0.25, -0.2) is 8.42 Å². The van der Waals surface area contributed by atoms with Crippen LogP contribution in [0.15, 0.2) is 52.3 Å². The highest BCUT2D eigenvalue weighted by molar-refractivity contribution is 7.98. The van der Waals surface area contributed by atoms with E-state index in [1.165, 1.54) is 25.2 Å². The molecule has 9 heteroatoms. The predicted octanol–water partition coefficient (Wildman–Crippen LogP) is 3.96. The number of rotatable bonds is 9. The lowest BCUT2D eigenvalue weighted by Crippen LogP contribution is -2.39. The van der Waals surface area contributed by atoms with E-state index in [1.807, 2.05) is 44.4 Å². The SMILES string of the molecule is CCOc1ccc(S(=O)(=O)N(C)CC(=O)N[C@H](C)c2ccc(SC)cc2)cc1Cl. The van der Waals surface area contributed by atoms with Crippen LogP contribution in [0.1, 0.15) is 25.5 Å². The zero-order valence-electron chi connectivity index (χ0n) is 16.8. The number of ether oxygens (including phenoxy) is 1. The van der Waals surface area contributed by atoms with E-state index >= 15 is 0 Å². The number of amides is 1. The topological polar surface area (TPSA) is 75.7 Å². The summed E-state index contributed by atoms with van der Waals surface area (Å²) in [7, 11) is -2.51. The maximum Gasteiger partial charge on any atom is 0.243 e. The molecule has 29 heavy (non-hydrogen) atoms. The summed E-state index contributed by atoms with van der Waals surface area (Å²) in [5.41, 5.74) is 0.944. The number of nitrogens with zero attached hydrogens (tertiary/aromatic N) is 1. The molecule has 6 nitrogen and oxygen atoms in total. The van der Waals surface area contributed by atoms with Crippen LogP contribution in [0.2, 0.25) is 5.02 Å². The molecular weight excluding hydrogens is 432 g/mol. The van der Waals surface area contributed by atoms with E-state index in [1.54, 1.807) is 11.8 Å². The third-order valence-corrected chi connectivity index (χ3v) is 7.11. The van der Waals surface area contributed by atoms with Crippen LogP contribution in [0.3, 0.4) is 0 Å². The molecule has 0 bridgehead atoms. The normalized spacial score (nSPS) is 12.6. The highest BCUT2D eigenvalue weighted by atomic mass is 35.5. The number of hydrogen-bond donors (Lipinski definition) is 1. The molecule has 0 fully saturated rings. The number of thioether (sulfide) groups is 1. The molecule has 2 aromatic rings. The molecule has 0 aromatic heterocycles. The molecule has 0 radical (unpaired) electrons. The van der Waals surface area contributed by atoms with Crippen molar-refractivity contribution in [3.05, 3.63) is 53.1 Å². The summed E-state index contributed by atoms with van der Waals surface area (Å²) in [6.45, 7) is 3.78. The molecule has 2 aromatic carbocycles. The first-order valence-corrected chi connectivity index (χ1v) is 12.0. The van der Waals surface area contributed by atoms with Crippen LogP contribution < -0.4 is 10.1 Å². The van der Waals surface area contributed by atoms with Gasteiger partial charge in [-0.05, 0) is 56.0 Å². The second kappa shape index (κ2) is 10.3. The Balaban J connectivity index is 2.04. The van der Waals surface area contributed by atoms with Gasteiger partial charge in [-0.1, -0.05) is 23.7 Å². The molecule has 1 N–H and O–H groups in total. The Kier molecular flexibility index (Phi) is 8.39. The summed E-state index contributed by atoms with van der Waals surface area (Å²) in [6, 6.07) is 11.9. The van der Waals surface area contributed by atoms with E-state index in [-0.39, 0.29) is 22.5 Å². The van der Waals surface area contributed by atoms with Gasteiger partial charge >= 0.3 is 0 Å². The largest absolute Gasteiger partial charge is 0.492 e. The van der Waals surface area contributed by atoms with Gasteiger partial charge in [0.15, 0.2) is 0 Å². The van der Waals surface area contributed by atoms with Crippen LogP contribution in [0.5, 0.6) is 5.75 Å². The van der Waals surface area contributed by atoms with Crippen LogP contribution in [0.4, 0.5) is 0 Å². The zero-order chi connectivity index (χ0) is 21.6. The summed E-state index contributed by atoms with van der Waals surface area (Å²) in [6.07, 6.45) is 1.99. The minimum atomic E-state index is -3.87. The Morgan fingerprint density at radius 1 is 1.24 bits per heavy atom. The van der Waals surface area contributed by atoms with Gasteiger partial charge in [0.25, 0.3) is 0 Å². The lowest BCUT2D eigenvalue weighted by molar-refractivity contribution is -0.121. The van der Waals surface area contributed by atoms with Crippen molar-refractivity contribution in [2.45, 2.75) is 29.7 Å². The third-order valence-electron chi connectivity index (χ3n) is 4.27. The fourth-order valence-electron chi connectivity index (χ4n) is 2.64. The molecule has 0 saturated carbocycles. The number of benzene rings is 2. The second-order valence-corrected chi connectivity index (χ2v) is 9.68. The highest BCUT2D eigenvalue weighted by Crippen LogP contribution is 2.28. The van der Waals surface area contributed by atoms with Crippen LogP contribution in [-0.2, 0) is 14.8 Å². The van der Waals surface area contributed by atoms with Crippen molar-refractivity contribution in [3.63, 3.8) is 0 Å². The van der Waals surface area contributed by atoms with E-state index in [9.17, 15) is 13.2 Å². The molecule has 0 aliphatic heterocycles. The van der Waals surface area contributed by atoms with Gasteiger partial charge in [-0.3, -0.25) is 4.79 Å². The average Bonchev–Trinajstić information content (AvgIpc) is 2.69. The van der Waals surface area contributed by atoms with Crippen LogP contribution >= 0.6 is 23.4 Å². The van der Waals surface area contributed by atoms with Crippen LogP contribution in [-0.4, -0.2) is 45.1 Å². The zero-order valence-corrected chi connectivity index (χ0v) is 19.2. The summed E-state index contributed by atoms with van der Waals surface area (Å²) < 4.78 is 31.8. The van der Waals surface area contributed by atoms with Crippen molar-refractivity contribution in [2.24, 2.45) is 0 Å². The Hall–Kier alpha value is -1.74. The molecule has 1 amide bonds. The van der Waals surface area contributed by atoms with Crippen LogP contribution in [0, 0.1) is 0 Å². The van der Waals surface area contributed by atoms with Crippen molar-refractivity contribution in [3.8, 4) is 5.75 Å². The maximum absolute atomic E-state index is 12.8. The lowest BCUT2D eigenvalue weighted by atomic mass is 10.1. The molecule has 2 rings (SSSR count). The van der Waals surface area contributed by atoms with E-state index in [0.29, 0.717) is 12.4 Å². The highest BCUT2D eigenvalue weighted by Gasteiger charge is 2.24. The van der Waals surface area contributed by atoms with E-state index in [4.69, 9.17) is 16.3 Å². The fraction of sp³-hybridized carbons (Fsp3) is 0.350. The monoisotopic (exact) mass is 456 g/mol. The first-order valence-electron chi connectivity index (χ1n) is 9.01. The fourth-order valence-corrected chi connectivity index (χ4v) is 4.51. The molecule has 0 unspecified atom stereocenters. The Morgan fingerprint density at radius 2 is 1.90 bits per heavy atom. The first-order chi connectivity index (χ1) is 13.7. The minimum Gasteiger partial charge on any atom is -0.492 e.